The van der Waals surface area contributed by atoms with Crippen molar-refractivity contribution in [1.82, 2.24) is 0 Å². The molecule has 5 nitrogen and oxygen atoms in total. The van der Waals surface area contributed by atoms with Gasteiger partial charge in [0.25, 0.3) is 0 Å². The lowest BCUT2D eigenvalue weighted by atomic mass is 10.7. The first-order chi connectivity index (χ1) is 4.91. The monoisotopic (exact) mass is 180 g/mol. The molecule has 11 heavy (non-hydrogen) atoms. The van der Waals surface area contributed by atoms with Gasteiger partial charge in [-0.05, 0) is 6.92 Å². The molecular formula is C5H8O5S. The van der Waals surface area contributed by atoms with E-state index in [2.05, 4.69) is 10.8 Å². The smallest absolute Gasteiger partial charge is 0.349 e. The van der Waals surface area contributed by atoms with Crippen molar-refractivity contribution in [3.63, 3.8) is 0 Å². The van der Waals surface area contributed by atoms with E-state index in [-0.39, 0.29) is 6.61 Å². The molecule has 0 radical (unpaired) electrons. The first-order valence-electron chi connectivity index (χ1n) is 2.73. The molecule has 0 fully saturated rings. The van der Waals surface area contributed by atoms with E-state index in [1.807, 2.05) is 0 Å². The van der Waals surface area contributed by atoms with Gasteiger partial charge in [0.2, 0.25) is 0 Å². The second-order valence-electron chi connectivity index (χ2n) is 1.59. The Morgan fingerprint density at radius 3 is 2.36 bits per heavy atom. The molecule has 0 heterocycles. The van der Waals surface area contributed by atoms with E-state index in [4.69, 9.17) is 5.11 Å². The fourth-order valence-corrected chi connectivity index (χ4v) is 1.000. The predicted octanol–water partition coefficient (Wildman–Crippen LogP) is -0.0490. The first-order valence-corrected chi connectivity index (χ1v) is 4.14. The van der Waals surface area contributed by atoms with Crippen molar-refractivity contribution in [2.45, 2.75) is 6.92 Å². The summed E-state index contributed by atoms with van der Waals surface area (Å²) in [4.78, 5) is 9.12. The predicted molar refractivity (Wildman–Crippen MR) is 37.3 cm³/mol. The molecular weight excluding hydrogens is 172 g/mol. The summed E-state index contributed by atoms with van der Waals surface area (Å²) in [7, 11) is -4.10. The van der Waals surface area contributed by atoms with Crippen LogP contribution in [-0.2, 0) is 19.1 Å². The van der Waals surface area contributed by atoms with Crippen LogP contribution in [-0.4, -0.2) is 26.1 Å². The highest BCUT2D eigenvalue weighted by Gasteiger charge is 2.21. The van der Waals surface area contributed by atoms with Crippen LogP contribution >= 0.6 is 0 Å². The second kappa shape index (κ2) is 3.49. The summed E-state index contributed by atoms with van der Waals surface area (Å²) in [6.45, 7) is 4.17. The molecule has 0 aliphatic carbocycles. The van der Waals surface area contributed by atoms with Crippen molar-refractivity contribution in [1.29, 1.82) is 0 Å². The molecule has 0 aromatic carbocycles. The van der Waals surface area contributed by atoms with Gasteiger partial charge in [0.1, 0.15) is 0 Å². The van der Waals surface area contributed by atoms with E-state index < -0.39 is 21.0 Å². The molecule has 0 saturated heterocycles. The van der Waals surface area contributed by atoms with Crippen molar-refractivity contribution in [2.24, 2.45) is 0 Å². The first kappa shape index (κ1) is 10.1. The number of aliphatic carboxylic acids is 1. The minimum atomic E-state index is -4.10. The summed E-state index contributed by atoms with van der Waals surface area (Å²) < 4.78 is 25.5. The standard InChI is InChI=1S/C5H8O5S/c1-3-10-11(8,9)4(2)5(6)7/h2-3H2,1H3,(H,6,7). The normalized spacial score (nSPS) is 11.0. The minimum absolute atomic E-state index is 0.103. The quantitative estimate of drug-likeness (QED) is 0.484. The third kappa shape index (κ3) is 2.69. The third-order valence-corrected chi connectivity index (χ3v) is 2.14. The van der Waals surface area contributed by atoms with Crippen LogP contribution in [0.15, 0.2) is 11.5 Å². The summed E-state index contributed by atoms with van der Waals surface area (Å²) in [6, 6.07) is 0. The average molecular weight is 180 g/mol. The van der Waals surface area contributed by atoms with Crippen LogP contribution in [0.1, 0.15) is 6.92 Å². The number of carbonyl (C=O) groups is 1. The molecule has 0 rings (SSSR count). The fraction of sp³-hybridized carbons (Fsp3) is 0.400. The average Bonchev–Trinajstić information content (AvgIpc) is 1.86. The second-order valence-corrected chi connectivity index (χ2v) is 3.23. The van der Waals surface area contributed by atoms with Gasteiger partial charge in [-0.2, -0.15) is 8.42 Å². The Morgan fingerprint density at radius 1 is 1.64 bits per heavy atom. The van der Waals surface area contributed by atoms with Gasteiger partial charge in [-0.25, -0.2) is 4.79 Å². The van der Waals surface area contributed by atoms with Crippen LogP contribution in [0.4, 0.5) is 0 Å². The highest BCUT2D eigenvalue weighted by Crippen LogP contribution is 2.05. The van der Waals surface area contributed by atoms with Crippen LogP contribution < -0.4 is 0 Å². The Bertz CT molecular complexity index is 263. The van der Waals surface area contributed by atoms with E-state index in [0.717, 1.165) is 0 Å². The Kier molecular flexibility index (Phi) is 3.21. The molecule has 0 aliphatic rings. The number of hydrogen-bond donors (Lipinski definition) is 1. The molecule has 0 bridgehead atoms. The molecule has 0 saturated carbocycles. The van der Waals surface area contributed by atoms with Crippen LogP contribution in [0.5, 0.6) is 0 Å². The molecule has 0 spiro atoms. The zero-order valence-electron chi connectivity index (χ0n) is 5.90. The lowest BCUT2D eigenvalue weighted by Crippen LogP contribution is -2.14. The highest BCUT2D eigenvalue weighted by molar-refractivity contribution is 7.91. The zero-order chi connectivity index (χ0) is 9.07. The summed E-state index contributed by atoms with van der Waals surface area (Å²) in [6.07, 6.45) is 0. The van der Waals surface area contributed by atoms with Gasteiger partial charge in [-0.1, -0.05) is 6.58 Å². The highest BCUT2D eigenvalue weighted by atomic mass is 32.2. The van der Waals surface area contributed by atoms with Gasteiger partial charge in [-0.3, -0.25) is 4.18 Å². The van der Waals surface area contributed by atoms with Gasteiger partial charge in [0.15, 0.2) is 4.91 Å². The van der Waals surface area contributed by atoms with E-state index in [1.165, 1.54) is 6.92 Å². The SMILES string of the molecule is C=C(C(=O)O)S(=O)(=O)OCC. The van der Waals surface area contributed by atoms with Gasteiger partial charge in [-0.15, -0.1) is 0 Å². The Labute approximate surface area is 64.4 Å². The van der Waals surface area contributed by atoms with Crippen molar-refractivity contribution < 1.29 is 22.5 Å². The maximum atomic E-state index is 10.7. The summed E-state index contributed by atoms with van der Waals surface area (Å²) in [5.41, 5.74) is 0. The van der Waals surface area contributed by atoms with Gasteiger partial charge >= 0.3 is 16.1 Å². The lowest BCUT2D eigenvalue weighted by molar-refractivity contribution is -0.131. The van der Waals surface area contributed by atoms with Gasteiger partial charge < -0.3 is 5.11 Å². The summed E-state index contributed by atoms with van der Waals surface area (Å²) in [5.74, 6) is -1.60. The molecule has 1 N–H and O–H groups in total. The summed E-state index contributed by atoms with van der Waals surface area (Å²) >= 11 is 0. The van der Waals surface area contributed by atoms with Crippen molar-refractivity contribution >= 4 is 16.1 Å². The van der Waals surface area contributed by atoms with Crippen LogP contribution in [0.25, 0.3) is 0 Å². The number of hydrogen-bond acceptors (Lipinski definition) is 4. The zero-order valence-corrected chi connectivity index (χ0v) is 6.72. The molecule has 0 aromatic heterocycles. The Morgan fingerprint density at radius 2 is 2.09 bits per heavy atom. The molecule has 0 unspecified atom stereocenters. The van der Waals surface area contributed by atoms with E-state index in [9.17, 15) is 13.2 Å². The Hall–Kier alpha value is -0.880. The topological polar surface area (TPSA) is 80.7 Å². The maximum absolute atomic E-state index is 10.7. The fourth-order valence-electron chi connectivity index (χ4n) is 0.333. The largest absolute Gasteiger partial charge is 0.477 e. The molecule has 0 atom stereocenters. The molecule has 0 aliphatic heterocycles. The number of rotatable bonds is 4. The van der Waals surface area contributed by atoms with E-state index >= 15 is 0 Å². The van der Waals surface area contributed by atoms with Crippen LogP contribution in [0, 0.1) is 0 Å². The van der Waals surface area contributed by atoms with Gasteiger partial charge in [0, 0.05) is 0 Å². The van der Waals surface area contributed by atoms with Crippen LogP contribution in [0.2, 0.25) is 0 Å². The minimum Gasteiger partial charge on any atom is -0.477 e. The van der Waals surface area contributed by atoms with Crippen molar-refractivity contribution in [3.05, 3.63) is 11.5 Å². The molecule has 6 heteroatoms. The van der Waals surface area contributed by atoms with Crippen molar-refractivity contribution in [2.75, 3.05) is 6.61 Å². The van der Waals surface area contributed by atoms with E-state index in [0.29, 0.717) is 0 Å². The maximum Gasteiger partial charge on any atom is 0.349 e. The molecule has 64 valence electrons. The third-order valence-electron chi connectivity index (χ3n) is 0.813. The van der Waals surface area contributed by atoms with Crippen molar-refractivity contribution in [3.8, 4) is 0 Å². The number of carboxylic acid groups (broad SMARTS) is 1. The summed E-state index contributed by atoms with van der Waals surface area (Å²) in [5, 5.41) is 8.19. The van der Waals surface area contributed by atoms with E-state index in [1.54, 1.807) is 0 Å². The lowest BCUT2D eigenvalue weighted by Gasteiger charge is -2.00. The van der Waals surface area contributed by atoms with Gasteiger partial charge in [0.05, 0.1) is 6.61 Å². The molecule has 0 amide bonds. The molecule has 0 aromatic rings. The number of carboxylic acids is 1. The van der Waals surface area contributed by atoms with Crippen LogP contribution in [0.3, 0.4) is 0 Å². The Balaban J connectivity index is 4.59.